The highest BCUT2D eigenvalue weighted by Gasteiger charge is 2.52. The molecule has 0 bridgehead atoms. The summed E-state index contributed by atoms with van der Waals surface area (Å²) in [5, 5.41) is 0. The molecule has 0 unspecified atom stereocenters. The molecule has 2 aromatic rings. The Bertz CT molecular complexity index is 707. The maximum absolute atomic E-state index is 6.10. The van der Waals surface area contributed by atoms with Crippen LogP contribution in [0.2, 0.25) is 0 Å². The summed E-state index contributed by atoms with van der Waals surface area (Å²) in [7, 11) is 1.17. The van der Waals surface area contributed by atoms with E-state index in [9.17, 15) is 0 Å². The third-order valence-corrected chi connectivity index (χ3v) is 4.61. The summed E-state index contributed by atoms with van der Waals surface area (Å²) in [6.45, 7) is 9.99. The van der Waals surface area contributed by atoms with Crippen LogP contribution in [0.1, 0.15) is 33.5 Å². The van der Waals surface area contributed by atoms with E-state index < -0.39 is 7.12 Å². The minimum absolute atomic E-state index is 0.388. The first-order chi connectivity index (χ1) is 10.7. The summed E-state index contributed by atoms with van der Waals surface area (Å²) in [6.07, 6.45) is 1.70. The van der Waals surface area contributed by atoms with Crippen LogP contribution in [0.5, 0.6) is 5.75 Å². The number of oxazole rings is 1. The van der Waals surface area contributed by atoms with E-state index in [-0.39, 0.29) is 11.2 Å². The number of rotatable bonds is 3. The number of aryl methyl sites for hydroxylation is 1. The predicted molar refractivity (Wildman–Crippen MR) is 88.9 cm³/mol. The van der Waals surface area contributed by atoms with Crippen molar-refractivity contribution in [3.63, 3.8) is 0 Å². The van der Waals surface area contributed by atoms with E-state index in [2.05, 4.69) is 4.98 Å². The molecule has 122 valence electrons. The van der Waals surface area contributed by atoms with Crippen LogP contribution in [0.3, 0.4) is 0 Å². The molecule has 1 aliphatic rings. The van der Waals surface area contributed by atoms with Crippen molar-refractivity contribution in [1.29, 1.82) is 0 Å². The number of hydrogen-bond acceptors (Lipinski definition) is 5. The van der Waals surface area contributed by atoms with E-state index in [1.807, 2.05) is 52.8 Å². The van der Waals surface area contributed by atoms with Crippen LogP contribution in [-0.2, 0) is 9.31 Å². The van der Waals surface area contributed by atoms with Crippen LogP contribution in [0.4, 0.5) is 0 Å². The first-order valence-electron chi connectivity index (χ1n) is 7.70. The smallest absolute Gasteiger partial charge is 0.497 e. The molecule has 2 heterocycles. The standard InChI is InChI=1S/C17H22BNO4/c1-11-10-19-15(21-11)12-7-8-13(14(9-12)20-6)18-22-16(2,3)17(4,5)23-18/h7-10H,1-6H3. The van der Waals surface area contributed by atoms with Crippen molar-refractivity contribution < 1.29 is 18.5 Å². The lowest BCUT2D eigenvalue weighted by atomic mass is 9.78. The van der Waals surface area contributed by atoms with Crippen molar-refractivity contribution in [2.45, 2.75) is 45.8 Å². The molecule has 1 aromatic heterocycles. The Morgan fingerprint density at radius 1 is 1.09 bits per heavy atom. The molecule has 0 atom stereocenters. The Labute approximate surface area is 137 Å². The Hall–Kier alpha value is -1.79. The normalized spacial score (nSPS) is 19.1. The van der Waals surface area contributed by atoms with Crippen LogP contribution in [0.25, 0.3) is 11.5 Å². The number of methoxy groups -OCH3 is 1. The molecule has 1 aliphatic heterocycles. The zero-order valence-electron chi connectivity index (χ0n) is 14.5. The molecular formula is C17H22BNO4. The van der Waals surface area contributed by atoms with Gasteiger partial charge < -0.3 is 18.5 Å². The second-order valence-electron chi connectivity index (χ2n) is 6.82. The molecule has 1 fully saturated rings. The van der Waals surface area contributed by atoms with Crippen molar-refractivity contribution in [2.75, 3.05) is 7.11 Å². The van der Waals surface area contributed by atoms with Gasteiger partial charge in [0.05, 0.1) is 24.5 Å². The van der Waals surface area contributed by atoms with Gasteiger partial charge >= 0.3 is 7.12 Å². The maximum atomic E-state index is 6.10. The molecule has 23 heavy (non-hydrogen) atoms. The van der Waals surface area contributed by atoms with Crippen molar-refractivity contribution in [1.82, 2.24) is 4.98 Å². The number of nitrogens with zero attached hydrogens (tertiary/aromatic N) is 1. The minimum Gasteiger partial charge on any atom is -0.497 e. The van der Waals surface area contributed by atoms with Gasteiger partial charge in [0, 0.05) is 11.0 Å². The third kappa shape index (κ3) is 2.77. The lowest BCUT2D eigenvalue weighted by Crippen LogP contribution is -2.41. The zero-order chi connectivity index (χ0) is 16.8. The van der Waals surface area contributed by atoms with E-state index in [1.54, 1.807) is 13.3 Å². The quantitative estimate of drug-likeness (QED) is 0.815. The topological polar surface area (TPSA) is 53.7 Å². The summed E-state index contributed by atoms with van der Waals surface area (Å²) in [6, 6.07) is 5.77. The van der Waals surface area contributed by atoms with Crippen LogP contribution in [0, 0.1) is 6.92 Å². The van der Waals surface area contributed by atoms with Crippen LogP contribution >= 0.6 is 0 Å². The van der Waals surface area contributed by atoms with Gasteiger partial charge in [-0.2, -0.15) is 0 Å². The predicted octanol–water partition coefficient (Wildman–Crippen LogP) is 2.96. The van der Waals surface area contributed by atoms with Gasteiger partial charge in [0.1, 0.15) is 11.5 Å². The molecular weight excluding hydrogens is 293 g/mol. The number of hydrogen-bond donors (Lipinski definition) is 0. The van der Waals surface area contributed by atoms with Gasteiger partial charge in [-0.1, -0.05) is 6.07 Å². The van der Waals surface area contributed by atoms with Gasteiger partial charge in [0.25, 0.3) is 0 Å². The fourth-order valence-corrected chi connectivity index (χ4v) is 2.50. The molecule has 1 aromatic carbocycles. The fourth-order valence-electron chi connectivity index (χ4n) is 2.50. The summed E-state index contributed by atoms with van der Waals surface area (Å²) in [5.41, 5.74) is 0.940. The second-order valence-corrected chi connectivity index (χ2v) is 6.82. The van der Waals surface area contributed by atoms with Crippen molar-refractivity contribution in [3.8, 4) is 17.2 Å². The van der Waals surface area contributed by atoms with E-state index >= 15 is 0 Å². The Morgan fingerprint density at radius 3 is 2.26 bits per heavy atom. The molecule has 0 amide bonds. The van der Waals surface area contributed by atoms with E-state index in [1.165, 1.54) is 0 Å². The van der Waals surface area contributed by atoms with Gasteiger partial charge in [0.15, 0.2) is 0 Å². The Morgan fingerprint density at radius 2 is 1.74 bits per heavy atom. The third-order valence-electron chi connectivity index (χ3n) is 4.61. The molecule has 3 rings (SSSR count). The van der Waals surface area contributed by atoms with Gasteiger partial charge in [-0.15, -0.1) is 0 Å². The molecule has 0 N–H and O–H groups in total. The van der Waals surface area contributed by atoms with E-state index in [4.69, 9.17) is 18.5 Å². The summed E-state index contributed by atoms with van der Waals surface area (Å²) >= 11 is 0. The van der Waals surface area contributed by atoms with E-state index in [0.29, 0.717) is 11.6 Å². The van der Waals surface area contributed by atoms with Gasteiger partial charge in [-0.05, 0) is 46.8 Å². The summed E-state index contributed by atoms with van der Waals surface area (Å²) in [5.74, 6) is 2.03. The number of benzene rings is 1. The summed E-state index contributed by atoms with van der Waals surface area (Å²) in [4.78, 5) is 4.25. The maximum Gasteiger partial charge on any atom is 0.498 e. The molecule has 0 saturated carbocycles. The van der Waals surface area contributed by atoms with Crippen molar-refractivity contribution >= 4 is 12.6 Å². The Kier molecular flexibility index (Phi) is 3.77. The molecule has 5 nitrogen and oxygen atoms in total. The number of aromatic nitrogens is 1. The second kappa shape index (κ2) is 5.39. The lowest BCUT2D eigenvalue weighted by molar-refractivity contribution is 0.00578. The van der Waals surface area contributed by atoms with Crippen molar-refractivity contribution in [3.05, 3.63) is 30.2 Å². The SMILES string of the molecule is COc1cc(-c2ncc(C)o2)ccc1B1OC(C)(C)C(C)(C)O1. The fraction of sp³-hybridized carbons (Fsp3) is 0.471. The largest absolute Gasteiger partial charge is 0.498 e. The highest BCUT2D eigenvalue weighted by atomic mass is 16.7. The minimum atomic E-state index is -0.463. The zero-order valence-corrected chi connectivity index (χ0v) is 14.5. The Balaban J connectivity index is 1.95. The average molecular weight is 315 g/mol. The van der Waals surface area contributed by atoms with Gasteiger partial charge in [-0.3, -0.25) is 0 Å². The van der Waals surface area contributed by atoms with Crippen LogP contribution in [-0.4, -0.2) is 30.4 Å². The van der Waals surface area contributed by atoms with Gasteiger partial charge in [0.2, 0.25) is 5.89 Å². The lowest BCUT2D eigenvalue weighted by Gasteiger charge is -2.32. The van der Waals surface area contributed by atoms with Crippen molar-refractivity contribution in [2.24, 2.45) is 0 Å². The van der Waals surface area contributed by atoms with Crippen LogP contribution < -0.4 is 10.2 Å². The molecule has 0 radical (unpaired) electrons. The monoisotopic (exact) mass is 315 g/mol. The molecule has 6 heteroatoms. The van der Waals surface area contributed by atoms with E-state index in [0.717, 1.165) is 16.8 Å². The summed E-state index contributed by atoms with van der Waals surface area (Å²) < 4.78 is 23.3. The molecule has 0 aliphatic carbocycles. The highest BCUT2D eigenvalue weighted by Crippen LogP contribution is 2.37. The molecule has 1 saturated heterocycles. The first-order valence-corrected chi connectivity index (χ1v) is 7.70. The number of ether oxygens (including phenoxy) is 1. The van der Waals surface area contributed by atoms with Gasteiger partial charge in [-0.25, -0.2) is 4.98 Å². The average Bonchev–Trinajstić information content (AvgIpc) is 3.00. The first kappa shape index (κ1) is 16.1. The highest BCUT2D eigenvalue weighted by molar-refractivity contribution is 6.63. The molecule has 0 spiro atoms. The van der Waals surface area contributed by atoms with Crippen LogP contribution in [0.15, 0.2) is 28.8 Å².